The second-order valence-corrected chi connectivity index (χ2v) is 10.4. The summed E-state index contributed by atoms with van der Waals surface area (Å²) in [7, 11) is 0. The van der Waals surface area contributed by atoms with Gasteiger partial charge < -0.3 is 9.84 Å². The Morgan fingerprint density at radius 1 is 1.21 bits per heavy atom. The van der Waals surface area contributed by atoms with Crippen LogP contribution in [0.4, 0.5) is 0 Å². The molecule has 1 N–H and O–H groups in total. The van der Waals surface area contributed by atoms with Gasteiger partial charge in [0.2, 0.25) is 17.6 Å². The van der Waals surface area contributed by atoms with Crippen molar-refractivity contribution in [2.75, 3.05) is 25.4 Å². The smallest absolute Gasteiger partial charge is 0.241 e. The van der Waals surface area contributed by atoms with Crippen LogP contribution in [0.25, 0.3) is 11.4 Å². The number of carbonyl (C=O) groups excluding carboxylic acids is 1. The molecule has 3 aromatic rings. The van der Waals surface area contributed by atoms with Crippen molar-refractivity contribution in [2.45, 2.75) is 32.1 Å². The highest BCUT2D eigenvalue weighted by Gasteiger charge is 2.25. The number of thioether (sulfide) groups is 1. The first-order valence-corrected chi connectivity index (χ1v) is 13.2. The van der Waals surface area contributed by atoms with E-state index in [1.807, 2.05) is 36.0 Å². The summed E-state index contributed by atoms with van der Waals surface area (Å²) in [6.07, 6.45) is 1.71. The fourth-order valence-corrected chi connectivity index (χ4v) is 5.03. The van der Waals surface area contributed by atoms with E-state index in [1.54, 1.807) is 0 Å². The van der Waals surface area contributed by atoms with Gasteiger partial charge in [0, 0.05) is 34.0 Å². The third-order valence-electron chi connectivity index (χ3n) is 5.78. The number of aromatic nitrogens is 2. The number of halogens is 1. The summed E-state index contributed by atoms with van der Waals surface area (Å²) in [5.74, 6) is 3.39. The predicted molar refractivity (Wildman–Crippen MR) is 136 cm³/mol. The van der Waals surface area contributed by atoms with Crippen molar-refractivity contribution in [3.63, 3.8) is 0 Å². The van der Waals surface area contributed by atoms with Gasteiger partial charge in [-0.2, -0.15) is 16.7 Å². The minimum absolute atomic E-state index is 0.0871. The number of benzene rings is 2. The first-order chi connectivity index (χ1) is 16.1. The van der Waals surface area contributed by atoms with Gasteiger partial charge in [-0.05, 0) is 62.7 Å². The lowest BCUT2D eigenvalue weighted by Gasteiger charge is -2.30. The first-order valence-electron chi connectivity index (χ1n) is 11.3. The summed E-state index contributed by atoms with van der Waals surface area (Å²) in [6.45, 7) is 5.17. The number of nitrogens with zero attached hydrogens (tertiary/aromatic N) is 3. The molecule has 0 saturated carbocycles. The molecular formula is C25H29BrN4O2S. The lowest BCUT2D eigenvalue weighted by atomic mass is 9.96. The standard InChI is InChI=1S/C25H29BrN4O2S/c1-18-3-2-4-19(15-18)17-33-14-11-27-25(31)21-9-12-30(13-10-21)16-23-28-24(29-32-23)20-5-7-22(26)8-6-20/h2-8,15,21H,9-14,16-17H2,1H3,(H,27,31). The fourth-order valence-electron chi connectivity index (χ4n) is 3.96. The Morgan fingerprint density at radius 2 is 2.00 bits per heavy atom. The number of amides is 1. The average molecular weight is 530 g/mol. The van der Waals surface area contributed by atoms with Crippen molar-refractivity contribution >= 4 is 33.6 Å². The number of rotatable bonds is 9. The van der Waals surface area contributed by atoms with E-state index in [0.717, 1.165) is 54.0 Å². The maximum atomic E-state index is 12.5. The molecule has 0 radical (unpaired) electrons. The van der Waals surface area contributed by atoms with E-state index >= 15 is 0 Å². The van der Waals surface area contributed by atoms with Crippen LogP contribution < -0.4 is 5.32 Å². The molecule has 8 heteroatoms. The van der Waals surface area contributed by atoms with E-state index in [0.29, 0.717) is 18.3 Å². The molecule has 33 heavy (non-hydrogen) atoms. The average Bonchev–Trinajstić information content (AvgIpc) is 3.28. The summed E-state index contributed by atoms with van der Waals surface area (Å²) in [5, 5.41) is 7.22. The Hall–Kier alpha value is -2.16. The van der Waals surface area contributed by atoms with Crippen LogP contribution in [0.15, 0.2) is 57.5 Å². The molecule has 0 spiro atoms. The van der Waals surface area contributed by atoms with Gasteiger partial charge in [0.15, 0.2) is 0 Å². The Labute approximate surface area is 207 Å². The van der Waals surface area contributed by atoms with Crippen LogP contribution in [-0.4, -0.2) is 46.3 Å². The molecule has 0 unspecified atom stereocenters. The monoisotopic (exact) mass is 528 g/mol. The van der Waals surface area contributed by atoms with Gasteiger partial charge in [0.1, 0.15) is 0 Å². The lowest BCUT2D eigenvalue weighted by molar-refractivity contribution is -0.126. The molecule has 1 fully saturated rings. The highest BCUT2D eigenvalue weighted by atomic mass is 79.9. The van der Waals surface area contributed by atoms with E-state index in [9.17, 15) is 4.79 Å². The summed E-state index contributed by atoms with van der Waals surface area (Å²) >= 11 is 5.29. The number of hydrogen-bond acceptors (Lipinski definition) is 6. The van der Waals surface area contributed by atoms with E-state index in [2.05, 4.69) is 67.5 Å². The van der Waals surface area contributed by atoms with Gasteiger partial charge in [-0.25, -0.2) is 0 Å². The highest BCUT2D eigenvalue weighted by molar-refractivity contribution is 9.10. The summed E-state index contributed by atoms with van der Waals surface area (Å²) < 4.78 is 6.46. The summed E-state index contributed by atoms with van der Waals surface area (Å²) in [6, 6.07) is 16.4. The number of nitrogens with one attached hydrogen (secondary N) is 1. The molecule has 0 bridgehead atoms. The number of likely N-dealkylation sites (tertiary alicyclic amines) is 1. The molecule has 1 aliphatic rings. The van der Waals surface area contributed by atoms with Gasteiger partial charge in [-0.3, -0.25) is 9.69 Å². The molecule has 1 amide bonds. The van der Waals surface area contributed by atoms with Gasteiger partial charge in [-0.1, -0.05) is 50.9 Å². The second-order valence-electron chi connectivity index (χ2n) is 8.40. The SMILES string of the molecule is Cc1cccc(CSCCNC(=O)C2CCN(Cc3nc(-c4ccc(Br)cc4)no3)CC2)c1. The van der Waals surface area contributed by atoms with Crippen LogP contribution in [0.5, 0.6) is 0 Å². The topological polar surface area (TPSA) is 71.3 Å². The van der Waals surface area contributed by atoms with Crippen LogP contribution >= 0.6 is 27.7 Å². The lowest BCUT2D eigenvalue weighted by Crippen LogP contribution is -2.40. The van der Waals surface area contributed by atoms with Crippen molar-refractivity contribution in [3.05, 3.63) is 70.0 Å². The van der Waals surface area contributed by atoms with Gasteiger partial charge >= 0.3 is 0 Å². The van der Waals surface area contributed by atoms with Crippen molar-refractivity contribution in [1.82, 2.24) is 20.4 Å². The Morgan fingerprint density at radius 3 is 2.76 bits per heavy atom. The maximum Gasteiger partial charge on any atom is 0.241 e. The molecule has 6 nitrogen and oxygen atoms in total. The third kappa shape index (κ3) is 7.16. The van der Waals surface area contributed by atoms with Crippen LogP contribution in [0.1, 0.15) is 29.9 Å². The molecule has 0 aliphatic carbocycles. The largest absolute Gasteiger partial charge is 0.355 e. The molecular weight excluding hydrogens is 500 g/mol. The van der Waals surface area contributed by atoms with Crippen LogP contribution in [0.3, 0.4) is 0 Å². The predicted octanol–water partition coefficient (Wildman–Crippen LogP) is 5.07. The third-order valence-corrected chi connectivity index (χ3v) is 7.34. The summed E-state index contributed by atoms with van der Waals surface area (Å²) in [5.41, 5.74) is 3.56. The molecule has 174 valence electrons. The van der Waals surface area contributed by atoms with Crippen LogP contribution in [0.2, 0.25) is 0 Å². The highest BCUT2D eigenvalue weighted by Crippen LogP contribution is 2.22. The Balaban J connectivity index is 1.14. The zero-order valence-corrected chi connectivity index (χ0v) is 21.2. The van der Waals surface area contributed by atoms with Gasteiger partial charge in [0.25, 0.3) is 0 Å². The van der Waals surface area contributed by atoms with Gasteiger partial charge in [-0.15, -0.1) is 0 Å². The molecule has 4 rings (SSSR count). The van der Waals surface area contributed by atoms with Crippen LogP contribution in [-0.2, 0) is 17.1 Å². The fraction of sp³-hybridized carbons (Fsp3) is 0.400. The number of aryl methyl sites for hydroxylation is 1. The van der Waals surface area contributed by atoms with Crippen molar-refractivity contribution in [2.24, 2.45) is 5.92 Å². The first kappa shape index (κ1) is 24.0. The molecule has 1 aromatic heterocycles. The Bertz CT molecular complexity index is 1050. The molecule has 2 heterocycles. The molecule has 0 atom stereocenters. The number of hydrogen-bond donors (Lipinski definition) is 1. The van der Waals surface area contributed by atoms with Crippen LogP contribution in [0, 0.1) is 12.8 Å². The van der Waals surface area contributed by atoms with Crippen molar-refractivity contribution < 1.29 is 9.32 Å². The summed E-state index contributed by atoms with van der Waals surface area (Å²) in [4.78, 5) is 19.3. The number of carbonyl (C=O) groups is 1. The minimum Gasteiger partial charge on any atom is -0.355 e. The quantitative estimate of drug-likeness (QED) is 0.391. The second kappa shape index (κ2) is 11.8. The van der Waals surface area contributed by atoms with Crippen molar-refractivity contribution in [1.29, 1.82) is 0 Å². The number of piperidine rings is 1. The zero-order chi connectivity index (χ0) is 23.0. The molecule has 1 aliphatic heterocycles. The van der Waals surface area contributed by atoms with E-state index in [4.69, 9.17) is 4.52 Å². The molecule has 1 saturated heterocycles. The normalized spacial score (nSPS) is 15.0. The van der Waals surface area contributed by atoms with Gasteiger partial charge in [0.05, 0.1) is 6.54 Å². The minimum atomic E-state index is 0.0871. The van der Waals surface area contributed by atoms with E-state index in [-0.39, 0.29) is 11.8 Å². The zero-order valence-electron chi connectivity index (χ0n) is 18.8. The van der Waals surface area contributed by atoms with E-state index in [1.165, 1.54) is 11.1 Å². The maximum absolute atomic E-state index is 12.5. The van der Waals surface area contributed by atoms with E-state index < -0.39 is 0 Å². The molecule has 2 aromatic carbocycles. The Kier molecular flexibility index (Phi) is 8.58. The van der Waals surface area contributed by atoms with Crippen molar-refractivity contribution in [3.8, 4) is 11.4 Å².